The lowest BCUT2D eigenvalue weighted by atomic mass is 10.2. The molecule has 0 bridgehead atoms. The number of rotatable bonds is 4. The van der Waals surface area contributed by atoms with Gasteiger partial charge in [-0.2, -0.15) is 4.57 Å². The van der Waals surface area contributed by atoms with Gasteiger partial charge in [-0.3, -0.25) is 9.36 Å². The molecule has 5 aromatic rings. The lowest BCUT2D eigenvalue weighted by Crippen LogP contribution is -2.35. The van der Waals surface area contributed by atoms with Crippen molar-refractivity contribution in [2.24, 2.45) is 0 Å². The minimum Gasteiger partial charge on any atom is -0.744 e. The van der Waals surface area contributed by atoms with Crippen molar-refractivity contribution < 1.29 is 17.5 Å². The molecule has 0 spiro atoms. The lowest BCUT2D eigenvalue weighted by molar-refractivity contribution is -0.665. The predicted octanol–water partition coefficient (Wildman–Crippen LogP) is 5.78. The highest BCUT2D eigenvalue weighted by Gasteiger charge is 2.25. The largest absolute Gasteiger partial charge is 0.744 e. The van der Waals surface area contributed by atoms with Crippen LogP contribution in [0.15, 0.2) is 81.3 Å². The normalized spacial score (nSPS) is 14.4. The first-order chi connectivity index (χ1) is 20.0. The first-order valence-corrected chi connectivity index (χ1v) is 17.4. The second-order valence-electron chi connectivity index (χ2n) is 9.46. The molecule has 0 fully saturated rings. The molecule has 0 unspecified atom stereocenters. The Morgan fingerprint density at radius 3 is 2.35 bits per heavy atom. The van der Waals surface area contributed by atoms with E-state index in [0.717, 1.165) is 47.6 Å². The smallest absolute Gasteiger partial charge is 0.271 e. The van der Waals surface area contributed by atoms with Crippen LogP contribution in [0.3, 0.4) is 0 Å². The molecule has 0 N–H and O–H groups in total. The minimum absolute atomic E-state index is 0. The van der Waals surface area contributed by atoms with Gasteiger partial charge in [0.2, 0.25) is 5.52 Å². The molecule has 7 nitrogen and oxygen atoms in total. The van der Waals surface area contributed by atoms with Gasteiger partial charge in [0.05, 0.1) is 16.7 Å². The van der Waals surface area contributed by atoms with E-state index in [2.05, 4.69) is 40.7 Å². The quantitative estimate of drug-likeness (QED) is 0.178. The van der Waals surface area contributed by atoms with Crippen LogP contribution in [0.1, 0.15) is 31.8 Å². The SMILES string of the molecule is C.CCn1c(=Cc2sc3ccc(Cl)cc3[n+]2CC)s/c(=C2\Sc3ccccc3N2C)c1=O.Cc1ccc(S(=O)(=O)[O-])cc1. The van der Waals surface area contributed by atoms with Crippen LogP contribution in [0, 0.1) is 6.92 Å². The zero-order valence-corrected chi connectivity index (χ0v) is 27.3. The van der Waals surface area contributed by atoms with E-state index in [1.54, 1.807) is 46.6 Å². The third kappa shape index (κ3) is 6.77. The number of aryl methyl sites for hydroxylation is 2. The topological polar surface area (TPSA) is 86.3 Å². The van der Waals surface area contributed by atoms with Crippen molar-refractivity contribution >= 4 is 83.2 Å². The van der Waals surface area contributed by atoms with Crippen molar-refractivity contribution in [1.29, 1.82) is 0 Å². The van der Waals surface area contributed by atoms with Crippen molar-refractivity contribution in [2.75, 3.05) is 11.9 Å². The van der Waals surface area contributed by atoms with E-state index < -0.39 is 10.1 Å². The van der Waals surface area contributed by atoms with Gasteiger partial charge < -0.3 is 9.45 Å². The van der Waals surface area contributed by atoms with Gasteiger partial charge in [-0.05, 0) is 57.2 Å². The molecule has 0 aliphatic carbocycles. The van der Waals surface area contributed by atoms with E-state index in [0.29, 0.717) is 6.54 Å². The maximum absolute atomic E-state index is 13.3. The summed E-state index contributed by atoms with van der Waals surface area (Å²) in [5.41, 5.74) is 3.28. The number of fused-ring (bicyclic) bond motifs is 2. The first-order valence-electron chi connectivity index (χ1n) is 13.1. The molecule has 1 aliphatic heterocycles. The molecule has 3 heterocycles. The van der Waals surface area contributed by atoms with E-state index in [4.69, 9.17) is 11.6 Å². The molecule has 6 rings (SSSR count). The summed E-state index contributed by atoms with van der Waals surface area (Å²) in [6.07, 6.45) is 2.15. The first kappa shape index (κ1) is 33.0. The predicted molar refractivity (Wildman–Crippen MR) is 180 cm³/mol. The van der Waals surface area contributed by atoms with Crippen LogP contribution in [-0.4, -0.2) is 24.6 Å². The van der Waals surface area contributed by atoms with Gasteiger partial charge >= 0.3 is 0 Å². The van der Waals surface area contributed by atoms with Gasteiger partial charge in [-0.1, -0.05) is 72.0 Å². The number of aromatic nitrogens is 2. The Morgan fingerprint density at radius 1 is 1.02 bits per heavy atom. The molecule has 0 atom stereocenters. The number of halogens is 1. The van der Waals surface area contributed by atoms with Crippen LogP contribution >= 0.6 is 46.0 Å². The molecular formula is C31H32ClN3O4S4. The lowest BCUT2D eigenvalue weighted by Gasteiger charge is -2.11. The number of para-hydroxylation sites is 1. The minimum atomic E-state index is -4.27. The standard InChI is InChI=1S/C23H21ClN3OS3.C7H8O3S.CH4/c1-4-26-16-12-14(24)10-11-18(16)29-19(26)13-20-27(5-2)22(28)21(31-20)23-25(3)15-8-6-7-9-17(15)30-23;1-6-2-4-7(5-3-6)11(8,9)10;/h6-13H,4-5H2,1-3H3;2-5H,1H3,(H,8,9,10);1H4/q+1;;/p-1/b23-21-;;. The fourth-order valence-corrected chi connectivity index (χ4v) is 8.89. The van der Waals surface area contributed by atoms with Crippen molar-refractivity contribution in [3.8, 4) is 0 Å². The second kappa shape index (κ2) is 13.4. The fraction of sp³-hybridized carbons (Fsp3) is 0.226. The molecule has 3 aromatic carbocycles. The summed E-state index contributed by atoms with van der Waals surface area (Å²) in [4.78, 5) is 16.5. The van der Waals surface area contributed by atoms with Crippen molar-refractivity contribution in [2.45, 2.75) is 51.1 Å². The van der Waals surface area contributed by atoms with Gasteiger partial charge in [0.15, 0.2) is 0 Å². The number of thioether (sulfide) groups is 1. The van der Waals surface area contributed by atoms with Gasteiger partial charge in [0, 0.05) is 29.6 Å². The van der Waals surface area contributed by atoms with E-state index >= 15 is 0 Å². The van der Waals surface area contributed by atoms with E-state index in [9.17, 15) is 17.8 Å². The number of benzene rings is 3. The van der Waals surface area contributed by atoms with Crippen molar-refractivity contribution in [3.63, 3.8) is 0 Å². The fourth-order valence-electron chi connectivity index (χ4n) is 4.59. The third-order valence-corrected chi connectivity index (χ3v) is 11.4. The highest BCUT2D eigenvalue weighted by atomic mass is 35.5. The Hall–Kier alpha value is -2.93. The molecule has 2 aromatic heterocycles. The highest BCUT2D eigenvalue weighted by Crippen LogP contribution is 2.44. The summed E-state index contributed by atoms with van der Waals surface area (Å²) < 4.78 is 38.3. The molecule has 0 saturated heterocycles. The monoisotopic (exact) mass is 673 g/mol. The maximum Gasteiger partial charge on any atom is 0.271 e. The summed E-state index contributed by atoms with van der Waals surface area (Å²) >= 11 is 11.2. The average molecular weight is 674 g/mol. The zero-order chi connectivity index (χ0) is 30.2. The molecule has 0 saturated carbocycles. The average Bonchev–Trinajstić information content (AvgIpc) is 3.58. The number of anilines is 1. The summed E-state index contributed by atoms with van der Waals surface area (Å²) in [6, 6.07) is 20.1. The van der Waals surface area contributed by atoms with Crippen LogP contribution in [0.4, 0.5) is 5.69 Å². The van der Waals surface area contributed by atoms with Crippen LogP contribution < -0.4 is 24.2 Å². The van der Waals surface area contributed by atoms with Gasteiger partial charge in [-0.25, -0.2) is 8.42 Å². The summed E-state index contributed by atoms with van der Waals surface area (Å²) in [5.74, 6) is 0. The van der Waals surface area contributed by atoms with Crippen LogP contribution in [0.25, 0.3) is 21.3 Å². The summed E-state index contributed by atoms with van der Waals surface area (Å²) in [7, 11) is -2.23. The number of hydrogen-bond donors (Lipinski definition) is 0. The molecule has 43 heavy (non-hydrogen) atoms. The number of hydrogen-bond acceptors (Lipinski definition) is 8. The zero-order valence-electron chi connectivity index (χ0n) is 23.3. The molecule has 0 radical (unpaired) electrons. The number of thiazole rings is 2. The van der Waals surface area contributed by atoms with Crippen molar-refractivity contribution in [1.82, 2.24) is 4.57 Å². The highest BCUT2D eigenvalue weighted by molar-refractivity contribution is 8.08. The van der Waals surface area contributed by atoms with Gasteiger partial charge in [-0.15, -0.1) is 11.3 Å². The Labute approximate surface area is 268 Å². The maximum atomic E-state index is 13.3. The Balaban J connectivity index is 0.000000300. The van der Waals surface area contributed by atoms with E-state index in [-0.39, 0.29) is 17.9 Å². The Morgan fingerprint density at radius 2 is 1.72 bits per heavy atom. The summed E-state index contributed by atoms with van der Waals surface area (Å²) in [5, 5.41) is 2.86. The molecular weight excluding hydrogens is 642 g/mol. The third-order valence-electron chi connectivity index (χ3n) is 6.73. The Kier molecular flexibility index (Phi) is 10.3. The van der Waals surface area contributed by atoms with Gasteiger partial charge in [0.25, 0.3) is 10.6 Å². The molecule has 226 valence electrons. The van der Waals surface area contributed by atoms with Crippen LogP contribution in [-0.2, 0) is 23.2 Å². The molecule has 12 heteroatoms. The van der Waals surface area contributed by atoms with Crippen LogP contribution in [0.2, 0.25) is 5.02 Å². The second-order valence-corrected chi connectivity index (χ2v) is 14.4. The molecule has 1 aliphatic rings. The Bertz CT molecular complexity index is 2080. The summed E-state index contributed by atoms with van der Waals surface area (Å²) in [6.45, 7) is 7.46. The number of nitrogens with zero attached hydrogens (tertiary/aromatic N) is 3. The van der Waals surface area contributed by atoms with Gasteiger partial charge in [0.1, 0.15) is 35.6 Å². The van der Waals surface area contributed by atoms with E-state index in [1.165, 1.54) is 21.7 Å². The van der Waals surface area contributed by atoms with E-state index in [1.807, 2.05) is 49.7 Å². The molecule has 0 amide bonds. The van der Waals surface area contributed by atoms with Crippen LogP contribution in [0.5, 0.6) is 0 Å². The van der Waals surface area contributed by atoms with Crippen molar-refractivity contribution in [3.05, 3.63) is 102 Å².